The number of aliphatic hydroxyl groups is 1. The number of hydrogen-bond donors (Lipinski definition) is 1. The predicted molar refractivity (Wildman–Crippen MR) is 146 cm³/mol. The molecule has 1 amide bonds. The molecular weight excluding hydrogens is 464 g/mol. The topological polar surface area (TPSA) is 62.2 Å². The number of fused-ring (bicyclic) bond motifs is 1. The standard InChI is InChI=1S/C31H44N2O4/c1-31(2)23-37-17-9-13-26-20-32(21-27-12-7-8-14-28(27)36-3)16-15-25(26)18-30(35)33(22-29(31)34)19-24-10-5-4-6-11-24/h4-8,10-12,14,25-26,29,34H,9,13,15-23H2,1-3H3/t25-,26-,29-/m0/s1. The highest BCUT2D eigenvalue weighted by Gasteiger charge is 2.35. The first-order valence-corrected chi connectivity index (χ1v) is 13.8. The van der Waals surface area contributed by atoms with Gasteiger partial charge in [-0.3, -0.25) is 9.69 Å². The van der Waals surface area contributed by atoms with Gasteiger partial charge >= 0.3 is 0 Å². The Balaban J connectivity index is 1.50. The summed E-state index contributed by atoms with van der Waals surface area (Å²) in [5.74, 6) is 1.85. The van der Waals surface area contributed by atoms with Crippen molar-refractivity contribution in [1.82, 2.24) is 9.80 Å². The Hall–Kier alpha value is -2.41. The number of ether oxygens (including phenoxy) is 2. The number of amides is 1. The van der Waals surface area contributed by atoms with E-state index in [0.29, 0.717) is 44.6 Å². The number of carbonyl (C=O) groups excluding carboxylic acids is 1. The summed E-state index contributed by atoms with van der Waals surface area (Å²) in [6.45, 7) is 8.86. The number of rotatable bonds is 5. The van der Waals surface area contributed by atoms with Gasteiger partial charge in [0.2, 0.25) is 5.91 Å². The lowest BCUT2D eigenvalue weighted by Crippen LogP contribution is -2.46. The summed E-state index contributed by atoms with van der Waals surface area (Å²) in [4.78, 5) is 18.1. The van der Waals surface area contributed by atoms with Gasteiger partial charge in [-0.1, -0.05) is 62.4 Å². The number of β-amino-alcohol motifs (C(OH)–C–C–N with tert-alkyl or cyclic N) is 1. The first kappa shape index (κ1) is 27.6. The number of piperidine rings is 1. The van der Waals surface area contributed by atoms with Gasteiger partial charge < -0.3 is 19.5 Å². The zero-order valence-electron chi connectivity index (χ0n) is 22.8. The second kappa shape index (κ2) is 12.9. The maximum absolute atomic E-state index is 13.7. The summed E-state index contributed by atoms with van der Waals surface area (Å²) in [6, 6.07) is 18.3. The largest absolute Gasteiger partial charge is 0.496 e. The van der Waals surface area contributed by atoms with Gasteiger partial charge in [-0.2, -0.15) is 0 Å². The van der Waals surface area contributed by atoms with Crippen molar-refractivity contribution < 1.29 is 19.4 Å². The fraction of sp³-hybridized carbons (Fsp3) is 0.581. The maximum atomic E-state index is 13.7. The van der Waals surface area contributed by atoms with Crippen LogP contribution in [-0.2, 0) is 22.6 Å². The predicted octanol–water partition coefficient (Wildman–Crippen LogP) is 4.75. The fourth-order valence-corrected chi connectivity index (χ4v) is 5.72. The Morgan fingerprint density at radius 3 is 2.54 bits per heavy atom. The average Bonchev–Trinajstić information content (AvgIpc) is 2.90. The van der Waals surface area contributed by atoms with Crippen LogP contribution in [0.25, 0.3) is 0 Å². The van der Waals surface area contributed by atoms with E-state index in [1.54, 1.807) is 7.11 Å². The molecule has 6 nitrogen and oxygen atoms in total. The third-order valence-corrected chi connectivity index (χ3v) is 8.20. The number of carbonyl (C=O) groups is 1. The second-order valence-corrected chi connectivity index (χ2v) is 11.5. The maximum Gasteiger partial charge on any atom is 0.223 e. The van der Waals surface area contributed by atoms with Crippen molar-refractivity contribution in [2.45, 2.75) is 58.7 Å². The van der Waals surface area contributed by atoms with Gasteiger partial charge in [-0.15, -0.1) is 0 Å². The molecule has 202 valence electrons. The molecule has 37 heavy (non-hydrogen) atoms. The number of aliphatic hydroxyl groups excluding tert-OH is 1. The molecule has 2 aromatic carbocycles. The van der Waals surface area contributed by atoms with Crippen molar-refractivity contribution in [3.05, 3.63) is 65.7 Å². The molecule has 2 heterocycles. The summed E-state index contributed by atoms with van der Waals surface area (Å²) >= 11 is 0. The highest BCUT2D eigenvalue weighted by molar-refractivity contribution is 5.76. The van der Waals surface area contributed by atoms with Crippen LogP contribution in [-0.4, -0.2) is 66.9 Å². The van der Waals surface area contributed by atoms with Crippen LogP contribution >= 0.6 is 0 Å². The van der Waals surface area contributed by atoms with E-state index in [9.17, 15) is 9.90 Å². The SMILES string of the molecule is COc1ccccc1CN1CC[C@H]2CC(=O)N(Cc3ccccc3)C[C@H](O)C(C)(C)COCCC[C@H]2C1. The van der Waals surface area contributed by atoms with Crippen LogP contribution < -0.4 is 4.74 Å². The van der Waals surface area contributed by atoms with Crippen LogP contribution in [0.5, 0.6) is 5.75 Å². The minimum atomic E-state index is -0.653. The molecule has 0 spiro atoms. The summed E-state index contributed by atoms with van der Waals surface area (Å²) in [5, 5.41) is 11.1. The van der Waals surface area contributed by atoms with Crippen LogP contribution in [0.3, 0.4) is 0 Å². The van der Waals surface area contributed by atoms with Gasteiger partial charge in [0.15, 0.2) is 0 Å². The van der Waals surface area contributed by atoms with Crippen LogP contribution in [0.2, 0.25) is 0 Å². The Bertz CT molecular complexity index is 996. The van der Waals surface area contributed by atoms with E-state index in [4.69, 9.17) is 9.47 Å². The molecule has 0 bridgehead atoms. The van der Waals surface area contributed by atoms with Gasteiger partial charge in [0.05, 0.1) is 19.8 Å². The lowest BCUT2D eigenvalue weighted by Gasteiger charge is -2.39. The van der Waals surface area contributed by atoms with Crippen molar-refractivity contribution >= 4 is 5.91 Å². The molecule has 6 heteroatoms. The quantitative estimate of drug-likeness (QED) is 0.632. The zero-order valence-corrected chi connectivity index (χ0v) is 22.8. The number of para-hydroxylation sites is 1. The van der Waals surface area contributed by atoms with E-state index in [-0.39, 0.29) is 5.91 Å². The lowest BCUT2D eigenvalue weighted by molar-refractivity contribution is -0.137. The zero-order chi connectivity index (χ0) is 26.3. The molecule has 2 saturated heterocycles. The van der Waals surface area contributed by atoms with Gasteiger partial charge in [0.25, 0.3) is 0 Å². The number of hydrogen-bond acceptors (Lipinski definition) is 5. The molecule has 2 aromatic rings. The van der Waals surface area contributed by atoms with Crippen molar-refractivity contribution in [2.75, 3.05) is 40.0 Å². The molecule has 1 N–H and O–H groups in total. The lowest BCUT2D eigenvalue weighted by atomic mass is 9.80. The molecule has 4 rings (SSSR count). The average molecular weight is 509 g/mol. The second-order valence-electron chi connectivity index (χ2n) is 11.5. The molecule has 0 radical (unpaired) electrons. The Labute approximate surface area is 222 Å². The van der Waals surface area contributed by atoms with E-state index in [1.807, 2.05) is 61.2 Å². The van der Waals surface area contributed by atoms with Crippen molar-refractivity contribution in [3.8, 4) is 5.75 Å². The third-order valence-electron chi connectivity index (χ3n) is 8.20. The first-order chi connectivity index (χ1) is 17.9. The number of methoxy groups -OCH3 is 1. The summed E-state index contributed by atoms with van der Waals surface area (Å²) in [5.41, 5.74) is 1.86. The summed E-state index contributed by atoms with van der Waals surface area (Å²) in [7, 11) is 1.73. The van der Waals surface area contributed by atoms with Crippen molar-refractivity contribution in [3.63, 3.8) is 0 Å². The molecule has 3 atom stereocenters. The normalized spacial score (nSPS) is 25.9. The van der Waals surface area contributed by atoms with Gasteiger partial charge in [0.1, 0.15) is 5.75 Å². The molecule has 2 aliphatic heterocycles. The van der Waals surface area contributed by atoms with Crippen molar-refractivity contribution in [2.24, 2.45) is 17.3 Å². The highest BCUT2D eigenvalue weighted by atomic mass is 16.5. The minimum Gasteiger partial charge on any atom is -0.496 e. The van der Waals surface area contributed by atoms with Gasteiger partial charge in [-0.25, -0.2) is 0 Å². The van der Waals surface area contributed by atoms with Crippen LogP contribution in [0.15, 0.2) is 54.6 Å². The molecular formula is C31H44N2O4. The van der Waals surface area contributed by atoms with E-state index < -0.39 is 11.5 Å². The van der Waals surface area contributed by atoms with Gasteiger partial charge in [0, 0.05) is 50.2 Å². The van der Waals surface area contributed by atoms with E-state index >= 15 is 0 Å². The molecule has 0 aliphatic carbocycles. The highest BCUT2D eigenvalue weighted by Crippen LogP contribution is 2.33. The first-order valence-electron chi connectivity index (χ1n) is 13.8. The third kappa shape index (κ3) is 7.56. The molecule has 0 saturated carbocycles. The fourth-order valence-electron chi connectivity index (χ4n) is 5.72. The molecule has 2 aliphatic rings. The Kier molecular flexibility index (Phi) is 9.63. The van der Waals surface area contributed by atoms with Crippen LogP contribution in [0.4, 0.5) is 0 Å². The molecule has 0 unspecified atom stereocenters. The van der Waals surface area contributed by atoms with Crippen LogP contribution in [0, 0.1) is 17.3 Å². The smallest absolute Gasteiger partial charge is 0.223 e. The number of benzene rings is 2. The number of nitrogens with zero attached hydrogens (tertiary/aromatic N) is 2. The monoisotopic (exact) mass is 508 g/mol. The Morgan fingerprint density at radius 2 is 1.76 bits per heavy atom. The summed E-state index contributed by atoms with van der Waals surface area (Å²) < 4.78 is 11.6. The van der Waals surface area contributed by atoms with E-state index in [1.165, 1.54) is 5.56 Å². The van der Waals surface area contributed by atoms with Crippen LogP contribution in [0.1, 0.15) is 50.7 Å². The summed E-state index contributed by atoms with van der Waals surface area (Å²) in [6.07, 6.45) is 2.90. The number of likely N-dealkylation sites (tertiary alicyclic amines) is 1. The van der Waals surface area contributed by atoms with E-state index in [2.05, 4.69) is 17.0 Å². The van der Waals surface area contributed by atoms with E-state index in [0.717, 1.165) is 50.2 Å². The molecule has 0 aromatic heterocycles. The van der Waals surface area contributed by atoms with Crippen molar-refractivity contribution in [1.29, 1.82) is 0 Å². The molecule has 2 fully saturated rings. The minimum absolute atomic E-state index is 0.145. The Morgan fingerprint density at radius 1 is 1.00 bits per heavy atom. The van der Waals surface area contributed by atoms with Gasteiger partial charge in [-0.05, 0) is 49.3 Å².